The lowest BCUT2D eigenvalue weighted by Crippen LogP contribution is -2.46. The Morgan fingerprint density at radius 2 is 1.95 bits per heavy atom. The second-order valence-electron chi connectivity index (χ2n) is 5.36. The summed E-state index contributed by atoms with van der Waals surface area (Å²) in [7, 11) is 0. The molecule has 1 N–H and O–H groups in total. The van der Waals surface area contributed by atoms with Gasteiger partial charge in [-0.3, -0.25) is 4.79 Å². The number of aliphatic carboxylic acids is 1. The van der Waals surface area contributed by atoms with Gasteiger partial charge in [-0.05, 0) is 49.3 Å². The Morgan fingerprint density at radius 1 is 1.29 bits per heavy atom. The summed E-state index contributed by atoms with van der Waals surface area (Å²) in [5.74, 6) is -0.101. The highest BCUT2D eigenvalue weighted by Gasteiger charge is 2.48. The topological polar surface area (TPSA) is 57.6 Å². The first-order chi connectivity index (χ1) is 10.1. The molecule has 6 heteroatoms. The van der Waals surface area contributed by atoms with Crippen LogP contribution in [0.5, 0.6) is 0 Å². The van der Waals surface area contributed by atoms with E-state index >= 15 is 0 Å². The highest BCUT2D eigenvalue weighted by Crippen LogP contribution is 2.45. The van der Waals surface area contributed by atoms with E-state index in [0.29, 0.717) is 17.2 Å². The van der Waals surface area contributed by atoms with Crippen molar-refractivity contribution < 1.29 is 14.7 Å². The van der Waals surface area contributed by atoms with Crippen molar-refractivity contribution in [1.29, 1.82) is 0 Å². The number of benzene rings is 1. The number of carboxylic acids is 1. The maximum absolute atomic E-state index is 12.7. The van der Waals surface area contributed by atoms with Crippen LogP contribution in [0.4, 0.5) is 0 Å². The second-order valence-corrected chi connectivity index (χ2v) is 7.39. The number of amides is 1. The number of nitrogens with zero attached hydrogens (tertiary/aromatic N) is 1. The number of carboxylic acid groups (broad SMARTS) is 1. The number of hydrogen-bond acceptors (Lipinski definition) is 4. The Bertz CT molecular complexity index is 557. The molecule has 3 rings (SSSR count). The van der Waals surface area contributed by atoms with Gasteiger partial charge in [-0.2, -0.15) is 0 Å². The van der Waals surface area contributed by atoms with E-state index in [1.807, 2.05) is 18.4 Å². The van der Waals surface area contributed by atoms with Crippen molar-refractivity contribution in [1.82, 2.24) is 4.90 Å². The first kappa shape index (κ1) is 14.8. The van der Waals surface area contributed by atoms with Crippen LogP contribution in [0.25, 0.3) is 0 Å². The molecule has 21 heavy (non-hydrogen) atoms. The number of carbonyl (C=O) groups excluding carboxylic acids is 1. The van der Waals surface area contributed by atoms with Crippen molar-refractivity contribution in [2.75, 3.05) is 12.0 Å². The van der Waals surface area contributed by atoms with Gasteiger partial charge in [0.1, 0.15) is 6.04 Å². The molecule has 1 heterocycles. The highest BCUT2D eigenvalue weighted by molar-refractivity contribution is 8.00. The molecule has 4 nitrogen and oxygen atoms in total. The standard InChI is InChI=1S/C15H17NO3S2/c1-20-11-6-4-9(5-7-11)13(17)16-12(15(18)19)8-21-14(16)10-2-3-10/h4-7,10,12,14H,2-3,8H2,1H3,(H,18,19). The number of carbonyl (C=O) groups is 2. The monoisotopic (exact) mass is 323 g/mol. The van der Waals surface area contributed by atoms with Crippen LogP contribution in [0.1, 0.15) is 23.2 Å². The van der Waals surface area contributed by atoms with Gasteiger partial charge in [0.15, 0.2) is 0 Å². The van der Waals surface area contributed by atoms with Gasteiger partial charge in [0.05, 0.1) is 5.37 Å². The lowest BCUT2D eigenvalue weighted by atomic mass is 10.1. The van der Waals surface area contributed by atoms with E-state index in [0.717, 1.165) is 17.7 Å². The lowest BCUT2D eigenvalue weighted by molar-refractivity contribution is -0.141. The molecule has 112 valence electrons. The van der Waals surface area contributed by atoms with E-state index in [1.54, 1.807) is 40.6 Å². The molecular formula is C15H17NO3S2. The minimum absolute atomic E-state index is 0.0267. The molecule has 1 amide bonds. The molecule has 2 fully saturated rings. The van der Waals surface area contributed by atoms with Crippen LogP contribution in [0, 0.1) is 5.92 Å². The summed E-state index contributed by atoms with van der Waals surface area (Å²) in [6.45, 7) is 0. The van der Waals surface area contributed by atoms with Gasteiger partial charge in [-0.1, -0.05) is 0 Å². The molecule has 1 aliphatic heterocycles. The number of thioether (sulfide) groups is 2. The molecule has 1 aromatic rings. The summed E-state index contributed by atoms with van der Waals surface area (Å²) >= 11 is 3.23. The van der Waals surface area contributed by atoms with Crippen LogP contribution in [-0.2, 0) is 4.79 Å². The summed E-state index contributed by atoms with van der Waals surface area (Å²) in [6, 6.07) is 6.69. The lowest BCUT2D eigenvalue weighted by Gasteiger charge is -2.27. The maximum atomic E-state index is 12.7. The summed E-state index contributed by atoms with van der Waals surface area (Å²) in [6.07, 6.45) is 4.18. The van der Waals surface area contributed by atoms with E-state index < -0.39 is 12.0 Å². The van der Waals surface area contributed by atoms with Crippen LogP contribution in [0.15, 0.2) is 29.2 Å². The minimum Gasteiger partial charge on any atom is -0.480 e. The van der Waals surface area contributed by atoms with E-state index in [9.17, 15) is 14.7 Å². The fourth-order valence-corrected chi connectivity index (χ4v) is 4.64. The zero-order valence-corrected chi connectivity index (χ0v) is 13.3. The molecule has 0 radical (unpaired) electrons. The van der Waals surface area contributed by atoms with Gasteiger partial charge in [0, 0.05) is 16.2 Å². The SMILES string of the molecule is CSc1ccc(C(=O)N2C(C(=O)O)CSC2C2CC2)cc1. The predicted octanol–water partition coefficient (Wildman–Crippen LogP) is 2.79. The van der Waals surface area contributed by atoms with Crippen LogP contribution in [0.3, 0.4) is 0 Å². The third kappa shape index (κ3) is 2.92. The molecule has 2 unspecified atom stereocenters. The molecule has 1 aliphatic carbocycles. The summed E-state index contributed by atoms with van der Waals surface area (Å²) < 4.78 is 0. The number of rotatable bonds is 4. The van der Waals surface area contributed by atoms with Crippen molar-refractivity contribution in [3.8, 4) is 0 Å². The molecule has 0 bridgehead atoms. The molecule has 2 aliphatic rings. The average molecular weight is 323 g/mol. The Morgan fingerprint density at radius 3 is 2.48 bits per heavy atom. The van der Waals surface area contributed by atoms with Crippen LogP contribution >= 0.6 is 23.5 Å². The predicted molar refractivity (Wildman–Crippen MR) is 84.8 cm³/mol. The molecule has 2 atom stereocenters. The maximum Gasteiger partial charge on any atom is 0.327 e. The van der Waals surface area contributed by atoms with E-state index in [-0.39, 0.29) is 11.3 Å². The second kappa shape index (κ2) is 5.93. The van der Waals surface area contributed by atoms with Crippen molar-refractivity contribution in [2.45, 2.75) is 29.2 Å². The Balaban J connectivity index is 1.86. The van der Waals surface area contributed by atoms with Crippen LogP contribution in [0.2, 0.25) is 0 Å². The highest BCUT2D eigenvalue weighted by atomic mass is 32.2. The van der Waals surface area contributed by atoms with Gasteiger partial charge in [-0.15, -0.1) is 23.5 Å². The van der Waals surface area contributed by atoms with Crippen LogP contribution in [-0.4, -0.2) is 45.3 Å². The normalized spacial score (nSPS) is 25.1. The third-order valence-electron chi connectivity index (χ3n) is 3.92. The largest absolute Gasteiger partial charge is 0.480 e. The van der Waals surface area contributed by atoms with Gasteiger partial charge in [0.2, 0.25) is 0 Å². The van der Waals surface area contributed by atoms with Crippen molar-refractivity contribution in [2.24, 2.45) is 5.92 Å². The quantitative estimate of drug-likeness (QED) is 0.864. The first-order valence-electron chi connectivity index (χ1n) is 6.93. The Labute approximate surface area is 132 Å². The summed E-state index contributed by atoms with van der Waals surface area (Å²) in [5.41, 5.74) is 0.576. The number of hydrogen-bond donors (Lipinski definition) is 1. The van der Waals surface area contributed by atoms with Gasteiger partial charge < -0.3 is 10.0 Å². The molecule has 0 aromatic heterocycles. The van der Waals surface area contributed by atoms with Crippen molar-refractivity contribution >= 4 is 35.4 Å². The zero-order valence-electron chi connectivity index (χ0n) is 11.7. The summed E-state index contributed by atoms with van der Waals surface area (Å²) in [5, 5.41) is 9.40. The molecular weight excluding hydrogens is 306 g/mol. The van der Waals surface area contributed by atoms with Crippen LogP contribution < -0.4 is 0 Å². The fraction of sp³-hybridized carbons (Fsp3) is 0.467. The Kier molecular flexibility index (Phi) is 4.17. The first-order valence-corrected chi connectivity index (χ1v) is 9.20. The zero-order chi connectivity index (χ0) is 15.0. The van der Waals surface area contributed by atoms with E-state index in [2.05, 4.69) is 0 Å². The average Bonchev–Trinajstić information content (AvgIpc) is 3.24. The van der Waals surface area contributed by atoms with Crippen molar-refractivity contribution in [3.05, 3.63) is 29.8 Å². The molecule has 0 spiro atoms. The third-order valence-corrected chi connectivity index (χ3v) is 6.12. The Hall–Kier alpha value is -1.14. The molecule has 1 aromatic carbocycles. The molecule has 1 saturated carbocycles. The van der Waals surface area contributed by atoms with Gasteiger partial charge in [-0.25, -0.2) is 4.79 Å². The fourth-order valence-electron chi connectivity index (χ4n) is 2.60. The van der Waals surface area contributed by atoms with Gasteiger partial charge in [0.25, 0.3) is 5.91 Å². The smallest absolute Gasteiger partial charge is 0.327 e. The van der Waals surface area contributed by atoms with Crippen molar-refractivity contribution in [3.63, 3.8) is 0 Å². The molecule has 1 saturated heterocycles. The summed E-state index contributed by atoms with van der Waals surface area (Å²) in [4.78, 5) is 26.9. The van der Waals surface area contributed by atoms with E-state index in [4.69, 9.17) is 0 Å². The van der Waals surface area contributed by atoms with Gasteiger partial charge >= 0.3 is 5.97 Å². The minimum atomic E-state index is -0.903. The van der Waals surface area contributed by atoms with E-state index in [1.165, 1.54) is 0 Å².